The molecule has 0 radical (unpaired) electrons. The minimum absolute atomic E-state index is 0.127. The van der Waals surface area contributed by atoms with Crippen LogP contribution in [0.15, 0.2) is 71.6 Å². The Labute approximate surface area is 176 Å². The van der Waals surface area contributed by atoms with Crippen molar-refractivity contribution >= 4 is 21.6 Å². The van der Waals surface area contributed by atoms with Crippen LogP contribution in [0.2, 0.25) is 0 Å². The van der Waals surface area contributed by atoms with Crippen molar-refractivity contribution in [3.8, 4) is 0 Å². The molecule has 0 spiro atoms. The second-order valence-corrected chi connectivity index (χ2v) is 8.85. The highest BCUT2D eigenvalue weighted by Gasteiger charge is 2.19. The summed E-state index contributed by atoms with van der Waals surface area (Å²) in [5, 5.41) is 2.90. The van der Waals surface area contributed by atoms with Gasteiger partial charge in [0, 0.05) is 5.56 Å². The molecule has 0 aliphatic rings. The average Bonchev–Trinajstić information content (AvgIpc) is 2.71. The predicted octanol–water partition coefficient (Wildman–Crippen LogP) is 4.73. The molecule has 0 bridgehead atoms. The first-order valence-electron chi connectivity index (χ1n) is 9.43. The van der Waals surface area contributed by atoms with E-state index in [-0.39, 0.29) is 22.2 Å². The molecule has 3 rings (SSSR count). The van der Waals surface area contributed by atoms with Crippen molar-refractivity contribution in [2.75, 3.05) is 4.72 Å². The van der Waals surface area contributed by atoms with Crippen LogP contribution < -0.4 is 10.0 Å². The summed E-state index contributed by atoms with van der Waals surface area (Å²) in [6.45, 7) is 5.83. The fourth-order valence-electron chi connectivity index (χ4n) is 3.14. The van der Waals surface area contributed by atoms with Crippen molar-refractivity contribution < 1.29 is 17.6 Å². The summed E-state index contributed by atoms with van der Waals surface area (Å²) < 4.78 is 41.3. The number of rotatable bonds is 6. The Hall–Kier alpha value is -3.19. The van der Waals surface area contributed by atoms with Gasteiger partial charge in [0.15, 0.2) is 0 Å². The molecule has 1 amide bonds. The number of aryl methyl sites for hydroxylation is 2. The van der Waals surface area contributed by atoms with E-state index >= 15 is 0 Å². The maximum atomic E-state index is 13.8. The molecular weight excluding hydrogens is 403 g/mol. The molecule has 0 fully saturated rings. The molecule has 0 aliphatic heterocycles. The van der Waals surface area contributed by atoms with E-state index < -0.39 is 21.7 Å². The van der Waals surface area contributed by atoms with E-state index in [4.69, 9.17) is 0 Å². The number of hydrogen-bond acceptors (Lipinski definition) is 3. The number of amides is 1. The van der Waals surface area contributed by atoms with E-state index in [9.17, 15) is 17.6 Å². The molecule has 3 aromatic carbocycles. The van der Waals surface area contributed by atoms with Crippen molar-refractivity contribution in [3.05, 3.63) is 94.8 Å². The molecule has 30 heavy (non-hydrogen) atoms. The molecule has 0 unspecified atom stereocenters. The third-order valence-electron chi connectivity index (χ3n) is 4.77. The molecule has 0 aliphatic carbocycles. The molecular formula is C23H23FN2O3S. The Kier molecular flexibility index (Phi) is 6.22. The minimum Gasteiger partial charge on any atom is -0.346 e. The Morgan fingerprint density at radius 1 is 0.967 bits per heavy atom. The molecule has 7 heteroatoms. The van der Waals surface area contributed by atoms with E-state index in [1.165, 1.54) is 42.5 Å². The van der Waals surface area contributed by atoms with Gasteiger partial charge in [-0.1, -0.05) is 42.0 Å². The zero-order valence-electron chi connectivity index (χ0n) is 16.9. The fourth-order valence-corrected chi connectivity index (χ4v) is 4.25. The van der Waals surface area contributed by atoms with Crippen molar-refractivity contribution in [3.63, 3.8) is 0 Å². The average molecular weight is 427 g/mol. The lowest BCUT2D eigenvalue weighted by Crippen LogP contribution is -2.27. The van der Waals surface area contributed by atoms with Crippen molar-refractivity contribution in [2.45, 2.75) is 31.7 Å². The third-order valence-corrected chi connectivity index (χ3v) is 6.14. The van der Waals surface area contributed by atoms with Gasteiger partial charge in [-0.15, -0.1) is 0 Å². The highest BCUT2D eigenvalue weighted by molar-refractivity contribution is 7.92. The van der Waals surface area contributed by atoms with Gasteiger partial charge in [0.05, 0.1) is 16.6 Å². The lowest BCUT2D eigenvalue weighted by Gasteiger charge is -2.18. The van der Waals surface area contributed by atoms with Crippen molar-refractivity contribution in [2.24, 2.45) is 0 Å². The number of anilines is 1. The fraction of sp³-hybridized carbons (Fsp3) is 0.174. The maximum absolute atomic E-state index is 13.8. The maximum Gasteiger partial charge on any atom is 0.262 e. The van der Waals surface area contributed by atoms with Crippen LogP contribution in [0.25, 0.3) is 0 Å². The number of para-hydroxylation sites is 1. The molecule has 2 N–H and O–H groups in total. The topological polar surface area (TPSA) is 75.3 Å². The van der Waals surface area contributed by atoms with Gasteiger partial charge >= 0.3 is 0 Å². The van der Waals surface area contributed by atoms with Gasteiger partial charge in [-0.2, -0.15) is 0 Å². The molecule has 0 saturated heterocycles. The lowest BCUT2D eigenvalue weighted by molar-refractivity contribution is 0.0939. The standard InChI is InChI=1S/C23H23FN2O3S/c1-15-11-12-16(2)20(13-15)17(3)25-23(27)18-7-6-8-19(14-18)30(28,29)26-22-10-5-4-9-21(22)24/h4-14,17,26H,1-3H3,(H,25,27)/t17-/m0/s1. The van der Waals surface area contributed by atoms with Gasteiger partial charge < -0.3 is 5.32 Å². The summed E-state index contributed by atoms with van der Waals surface area (Å²) in [6, 6.07) is 16.9. The van der Waals surface area contributed by atoms with Gasteiger partial charge in [-0.3, -0.25) is 9.52 Å². The van der Waals surface area contributed by atoms with Crippen LogP contribution in [0.3, 0.4) is 0 Å². The highest BCUT2D eigenvalue weighted by atomic mass is 32.2. The van der Waals surface area contributed by atoms with Crippen molar-refractivity contribution in [1.29, 1.82) is 0 Å². The first-order chi connectivity index (χ1) is 14.2. The van der Waals surface area contributed by atoms with Crippen LogP contribution >= 0.6 is 0 Å². The SMILES string of the molecule is Cc1ccc(C)c([C@H](C)NC(=O)c2cccc(S(=O)(=O)Nc3ccccc3F)c2)c1. The Bertz CT molecular complexity index is 1190. The molecule has 5 nitrogen and oxygen atoms in total. The first-order valence-corrected chi connectivity index (χ1v) is 10.9. The number of carbonyl (C=O) groups is 1. The summed E-state index contributed by atoms with van der Waals surface area (Å²) >= 11 is 0. The minimum atomic E-state index is -4.05. The smallest absolute Gasteiger partial charge is 0.262 e. The first kappa shape index (κ1) is 21.5. The van der Waals surface area contributed by atoms with Crippen LogP contribution in [0, 0.1) is 19.7 Å². The van der Waals surface area contributed by atoms with E-state index in [1.54, 1.807) is 0 Å². The Morgan fingerprint density at radius 2 is 1.70 bits per heavy atom. The van der Waals surface area contributed by atoms with Crippen LogP contribution in [0.1, 0.15) is 40.0 Å². The van der Waals surface area contributed by atoms with E-state index in [2.05, 4.69) is 10.0 Å². The molecule has 3 aromatic rings. The van der Waals surface area contributed by atoms with Crippen LogP contribution in [-0.4, -0.2) is 14.3 Å². The summed E-state index contributed by atoms with van der Waals surface area (Å²) in [5.74, 6) is -1.08. The van der Waals surface area contributed by atoms with E-state index in [0.717, 1.165) is 22.8 Å². The number of halogens is 1. The summed E-state index contributed by atoms with van der Waals surface area (Å²) in [5.41, 5.74) is 3.18. The monoisotopic (exact) mass is 426 g/mol. The predicted molar refractivity (Wildman–Crippen MR) is 115 cm³/mol. The largest absolute Gasteiger partial charge is 0.346 e. The highest BCUT2D eigenvalue weighted by Crippen LogP contribution is 2.22. The number of sulfonamides is 1. The van der Waals surface area contributed by atoms with Gasteiger partial charge in [0.2, 0.25) is 0 Å². The van der Waals surface area contributed by atoms with Crippen molar-refractivity contribution in [1.82, 2.24) is 5.32 Å². The Morgan fingerprint density at radius 3 is 2.43 bits per heavy atom. The van der Waals surface area contributed by atoms with E-state index in [1.807, 2.05) is 39.0 Å². The van der Waals surface area contributed by atoms with Gasteiger partial charge in [0.1, 0.15) is 5.82 Å². The summed E-state index contributed by atoms with van der Waals surface area (Å²) in [7, 11) is -4.05. The summed E-state index contributed by atoms with van der Waals surface area (Å²) in [4.78, 5) is 12.6. The molecule has 156 valence electrons. The van der Waals surface area contributed by atoms with Crippen LogP contribution in [0.5, 0.6) is 0 Å². The molecule has 1 atom stereocenters. The van der Waals surface area contributed by atoms with Crippen LogP contribution in [0.4, 0.5) is 10.1 Å². The van der Waals surface area contributed by atoms with Gasteiger partial charge in [-0.25, -0.2) is 12.8 Å². The zero-order chi connectivity index (χ0) is 21.9. The van der Waals surface area contributed by atoms with Gasteiger partial charge in [0.25, 0.3) is 15.9 Å². The number of hydrogen-bond donors (Lipinski definition) is 2. The lowest BCUT2D eigenvalue weighted by atomic mass is 10.00. The quantitative estimate of drug-likeness (QED) is 0.598. The normalized spacial score (nSPS) is 12.3. The molecule has 0 aromatic heterocycles. The number of nitrogens with one attached hydrogen (secondary N) is 2. The Balaban J connectivity index is 1.81. The van der Waals surface area contributed by atoms with Gasteiger partial charge in [-0.05, 0) is 62.2 Å². The molecule has 0 saturated carbocycles. The number of carbonyl (C=O) groups excluding carboxylic acids is 1. The third kappa shape index (κ3) is 4.86. The second kappa shape index (κ2) is 8.67. The van der Waals surface area contributed by atoms with E-state index in [0.29, 0.717) is 0 Å². The number of benzene rings is 3. The van der Waals surface area contributed by atoms with Crippen LogP contribution in [-0.2, 0) is 10.0 Å². The summed E-state index contributed by atoms with van der Waals surface area (Å²) in [6.07, 6.45) is 0. The zero-order valence-corrected chi connectivity index (χ0v) is 17.8. The molecule has 0 heterocycles. The second-order valence-electron chi connectivity index (χ2n) is 7.17.